The van der Waals surface area contributed by atoms with Crippen molar-refractivity contribution in [1.82, 2.24) is 0 Å². The Morgan fingerprint density at radius 2 is 1.43 bits per heavy atom. The van der Waals surface area contributed by atoms with E-state index in [2.05, 4.69) is 98.8 Å². The molecular formula is C29H32O. The summed E-state index contributed by atoms with van der Waals surface area (Å²) in [5.74, 6) is 2.25. The van der Waals surface area contributed by atoms with Crippen LogP contribution < -0.4 is 4.74 Å². The van der Waals surface area contributed by atoms with Gasteiger partial charge in [-0.25, -0.2) is 0 Å². The minimum atomic E-state index is 0.575. The zero-order valence-corrected chi connectivity index (χ0v) is 18.2. The van der Waals surface area contributed by atoms with Crippen molar-refractivity contribution in [1.29, 1.82) is 0 Å². The predicted octanol–water partition coefficient (Wildman–Crippen LogP) is 7.74. The number of hydrogen-bond donors (Lipinski definition) is 0. The third-order valence-corrected chi connectivity index (χ3v) is 6.13. The molecule has 0 amide bonds. The van der Waals surface area contributed by atoms with E-state index >= 15 is 0 Å². The topological polar surface area (TPSA) is 9.23 Å². The molecule has 154 valence electrons. The van der Waals surface area contributed by atoms with Crippen LogP contribution in [0, 0.1) is 12.8 Å². The molecule has 1 heteroatoms. The second-order valence-electron chi connectivity index (χ2n) is 8.63. The summed E-state index contributed by atoms with van der Waals surface area (Å²) in [7, 11) is 0. The summed E-state index contributed by atoms with van der Waals surface area (Å²) >= 11 is 0. The molecule has 0 N–H and O–H groups in total. The molecule has 1 aliphatic carbocycles. The van der Waals surface area contributed by atoms with Crippen LogP contribution in [0.3, 0.4) is 0 Å². The molecule has 1 aliphatic rings. The Labute approximate surface area is 181 Å². The van der Waals surface area contributed by atoms with Crippen LogP contribution in [0.15, 0.2) is 84.9 Å². The number of benzene rings is 3. The first kappa shape index (κ1) is 20.5. The molecular weight excluding hydrogens is 364 g/mol. The van der Waals surface area contributed by atoms with Gasteiger partial charge >= 0.3 is 0 Å². The molecule has 0 bridgehead atoms. The Morgan fingerprint density at radius 1 is 0.767 bits per heavy atom. The van der Waals surface area contributed by atoms with E-state index in [9.17, 15) is 0 Å². The normalized spacial score (nSPS) is 18.3. The number of rotatable bonds is 7. The Morgan fingerprint density at radius 3 is 2.07 bits per heavy atom. The lowest BCUT2D eigenvalue weighted by atomic mass is 9.85. The van der Waals surface area contributed by atoms with Crippen molar-refractivity contribution in [3.05, 3.63) is 102 Å². The zero-order valence-electron chi connectivity index (χ0n) is 18.2. The number of allylic oxidation sites excluding steroid dienone is 2. The molecule has 3 aromatic carbocycles. The molecule has 4 rings (SSSR count). The summed E-state index contributed by atoms with van der Waals surface area (Å²) in [6.07, 6.45) is 9.37. The van der Waals surface area contributed by atoms with Crippen LogP contribution in [-0.4, -0.2) is 6.61 Å². The van der Waals surface area contributed by atoms with Crippen LogP contribution in [0.4, 0.5) is 0 Å². The second kappa shape index (κ2) is 9.80. The van der Waals surface area contributed by atoms with Crippen LogP contribution in [0.25, 0.3) is 11.1 Å². The van der Waals surface area contributed by atoms with Gasteiger partial charge < -0.3 is 4.74 Å². The van der Waals surface area contributed by atoms with Crippen LogP contribution >= 0.6 is 0 Å². The van der Waals surface area contributed by atoms with Gasteiger partial charge in [-0.3, -0.25) is 0 Å². The standard InChI is InChI=1S/C29H32O/c1-22-5-9-24(10-6-22)4-3-21-30-29-19-17-28(18-20-29)27-15-13-26(14-16-27)25-11-7-23(2)8-12-25/h5-7,9-11,13-20,23,25H,3-4,8,12,21H2,1-2H3. The van der Waals surface area contributed by atoms with Crippen molar-refractivity contribution >= 4 is 0 Å². The van der Waals surface area contributed by atoms with E-state index in [1.54, 1.807) is 0 Å². The summed E-state index contributed by atoms with van der Waals surface area (Å²) in [6, 6.07) is 26.3. The van der Waals surface area contributed by atoms with E-state index in [0.717, 1.165) is 31.1 Å². The van der Waals surface area contributed by atoms with Crippen molar-refractivity contribution in [2.24, 2.45) is 5.92 Å². The first-order chi connectivity index (χ1) is 14.7. The Bertz CT molecular complexity index is 949. The first-order valence-electron chi connectivity index (χ1n) is 11.2. The molecule has 3 aromatic rings. The molecule has 0 spiro atoms. The monoisotopic (exact) mass is 396 g/mol. The summed E-state index contributed by atoms with van der Waals surface area (Å²) in [6.45, 7) is 5.17. The van der Waals surface area contributed by atoms with E-state index in [-0.39, 0.29) is 0 Å². The van der Waals surface area contributed by atoms with Gasteiger partial charge in [0.2, 0.25) is 0 Å². The zero-order chi connectivity index (χ0) is 20.8. The fourth-order valence-corrected chi connectivity index (χ4v) is 4.12. The molecule has 0 saturated heterocycles. The third-order valence-electron chi connectivity index (χ3n) is 6.13. The van der Waals surface area contributed by atoms with E-state index in [0.29, 0.717) is 5.92 Å². The van der Waals surface area contributed by atoms with E-state index in [1.165, 1.54) is 40.7 Å². The molecule has 0 saturated carbocycles. The highest BCUT2D eigenvalue weighted by Gasteiger charge is 2.14. The lowest BCUT2D eigenvalue weighted by molar-refractivity contribution is 0.311. The van der Waals surface area contributed by atoms with Crippen LogP contribution in [0.2, 0.25) is 0 Å². The van der Waals surface area contributed by atoms with Crippen molar-refractivity contribution in [3.63, 3.8) is 0 Å². The van der Waals surface area contributed by atoms with Gasteiger partial charge in [0.25, 0.3) is 0 Å². The van der Waals surface area contributed by atoms with Gasteiger partial charge in [-0.05, 0) is 72.9 Å². The largest absolute Gasteiger partial charge is 0.494 e. The first-order valence-corrected chi connectivity index (χ1v) is 11.2. The number of aryl methyl sites for hydroxylation is 2. The van der Waals surface area contributed by atoms with Crippen LogP contribution in [0.5, 0.6) is 5.75 Å². The third kappa shape index (κ3) is 5.42. The van der Waals surface area contributed by atoms with E-state index in [4.69, 9.17) is 4.74 Å². The Kier molecular flexibility index (Phi) is 6.69. The predicted molar refractivity (Wildman–Crippen MR) is 127 cm³/mol. The fourth-order valence-electron chi connectivity index (χ4n) is 4.12. The molecule has 0 heterocycles. The Hall–Kier alpha value is -2.80. The van der Waals surface area contributed by atoms with Crippen LogP contribution in [-0.2, 0) is 6.42 Å². The molecule has 0 fully saturated rings. The minimum absolute atomic E-state index is 0.575. The summed E-state index contributed by atoms with van der Waals surface area (Å²) in [5, 5.41) is 0. The number of ether oxygens (including phenoxy) is 1. The maximum absolute atomic E-state index is 5.94. The maximum atomic E-state index is 5.94. The smallest absolute Gasteiger partial charge is 0.119 e. The van der Waals surface area contributed by atoms with Crippen LogP contribution in [0.1, 0.15) is 48.8 Å². The van der Waals surface area contributed by atoms with Crippen molar-refractivity contribution in [2.75, 3.05) is 6.61 Å². The van der Waals surface area contributed by atoms with Crippen molar-refractivity contribution in [3.8, 4) is 16.9 Å². The van der Waals surface area contributed by atoms with Gasteiger partial charge in [-0.15, -0.1) is 0 Å². The summed E-state index contributed by atoms with van der Waals surface area (Å²) < 4.78 is 5.94. The van der Waals surface area contributed by atoms with Gasteiger partial charge in [0.1, 0.15) is 5.75 Å². The van der Waals surface area contributed by atoms with Gasteiger partial charge in [-0.2, -0.15) is 0 Å². The maximum Gasteiger partial charge on any atom is 0.119 e. The summed E-state index contributed by atoms with van der Waals surface area (Å²) in [5.41, 5.74) is 6.61. The minimum Gasteiger partial charge on any atom is -0.494 e. The molecule has 0 radical (unpaired) electrons. The van der Waals surface area contributed by atoms with E-state index in [1.807, 2.05) is 0 Å². The average molecular weight is 397 g/mol. The highest BCUT2D eigenvalue weighted by atomic mass is 16.5. The fraction of sp³-hybridized carbons (Fsp3) is 0.310. The highest BCUT2D eigenvalue weighted by molar-refractivity contribution is 5.64. The highest BCUT2D eigenvalue weighted by Crippen LogP contribution is 2.31. The molecule has 0 aliphatic heterocycles. The quantitative estimate of drug-likeness (QED) is 0.293. The van der Waals surface area contributed by atoms with E-state index < -0.39 is 0 Å². The summed E-state index contributed by atoms with van der Waals surface area (Å²) in [4.78, 5) is 0. The SMILES string of the molecule is Cc1ccc(CCCOc2ccc(-c3ccc(C4C=CC(C)CC4)cc3)cc2)cc1. The van der Waals surface area contributed by atoms with Crippen molar-refractivity contribution < 1.29 is 4.74 Å². The molecule has 2 unspecified atom stereocenters. The number of hydrogen-bond acceptors (Lipinski definition) is 1. The Balaban J connectivity index is 1.28. The molecule has 1 nitrogen and oxygen atoms in total. The lowest BCUT2D eigenvalue weighted by Gasteiger charge is -2.20. The molecule has 0 aromatic heterocycles. The van der Waals surface area contributed by atoms with Crippen molar-refractivity contribution in [2.45, 2.75) is 45.4 Å². The van der Waals surface area contributed by atoms with Gasteiger partial charge in [-0.1, -0.05) is 85.3 Å². The van der Waals surface area contributed by atoms with Gasteiger partial charge in [0.15, 0.2) is 0 Å². The lowest BCUT2D eigenvalue weighted by Crippen LogP contribution is -2.04. The van der Waals surface area contributed by atoms with Gasteiger partial charge in [0, 0.05) is 5.92 Å². The van der Waals surface area contributed by atoms with Gasteiger partial charge in [0.05, 0.1) is 6.61 Å². The average Bonchev–Trinajstić information content (AvgIpc) is 2.79. The second-order valence-corrected chi connectivity index (χ2v) is 8.63. The molecule has 30 heavy (non-hydrogen) atoms. The molecule has 2 atom stereocenters.